The molecule has 4 rings (SSSR count). The molecule has 29 heavy (non-hydrogen) atoms. The van der Waals surface area contributed by atoms with Crippen molar-refractivity contribution in [1.82, 2.24) is 9.97 Å². The molecule has 1 aromatic heterocycles. The van der Waals surface area contributed by atoms with E-state index in [-0.39, 0.29) is 11.5 Å². The Labute approximate surface area is 176 Å². The number of H-pyrrole nitrogens is 1. The molecule has 0 aliphatic heterocycles. The van der Waals surface area contributed by atoms with Crippen molar-refractivity contribution < 1.29 is 4.79 Å². The molecule has 0 saturated carbocycles. The van der Waals surface area contributed by atoms with Crippen molar-refractivity contribution in [3.63, 3.8) is 0 Å². The second-order valence-electron chi connectivity index (χ2n) is 6.28. The van der Waals surface area contributed by atoms with Crippen LogP contribution in [0.15, 0.2) is 82.5 Å². The lowest BCUT2D eigenvalue weighted by Crippen LogP contribution is -2.14. The Balaban J connectivity index is 1.42. The molecule has 0 radical (unpaired) electrons. The second-order valence-corrected chi connectivity index (χ2v) is 7.73. The average molecular weight is 422 g/mol. The number of halogens is 1. The van der Waals surface area contributed by atoms with Crippen molar-refractivity contribution in [3.8, 4) is 0 Å². The number of benzene rings is 3. The molecule has 144 valence electrons. The summed E-state index contributed by atoms with van der Waals surface area (Å²) < 4.78 is 0. The van der Waals surface area contributed by atoms with Crippen LogP contribution in [-0.4, -0.2) is 15.9 Å². The third-order valence-electron chi connectivity index (χ3n) is 4.28. The predicted molar refractivity (Wildman–Crippen MR) is 118 cm³/mol. The van der Waals surface area contributed by atoms with E-state index >= 15 is 0 Å². The van der Waals surface area contributed by atoms with E-state index in [1.807, 2.05) is 48.5 Å². The van der Waals surface area contributed by atoms with Gasteiger partial charge in [-0.15, -0.1) is 11.8 Å². The summed E-state index contributed by atoms with van der Waals surface area (Å²) in [5.41, 5.74) is 2.88. The first-order valence-corrected chi connectivity index (χ1v) is 10.2. The summed E-state index contributed by atoms with van der Waals surface area (Å²) in [5.74, 6) is 0.189. The highest BCUT2D eigenvalue weighted by Crippen LogP contribution is 2.24. The molecule has 0 saturated heterocycles. The fourth-order valence-corrected chi connectivity index (χ4v) is 3.84. The number of nitrogens with one attached hydrogen (secondary N) is 2. The van der Waals surface area contributed by atoms with E-state index < -0.39 is 0 Å². The van der Waals surface area contributed by atoms with E-state index in [9.17, 15) is 9.59 Å². The van der Waals surface area contributed by atoms with Crippen molar-refractivity contribution in [2.24, 2.45) is 0 Å². The molecule has 3 aromatic carbocycles. The van der Waals surface area contributed by atoms with Gasteiger partial charge in [0.15, 0.2) is 0 Å². The molecule has 5 nitrogen and oxygen atoms in total. The molecule has 2 N–H and O–H groups in total. The average Bonchev–Trinajstić information content (AvgIpc) is 2.73. The first-order chi connectivity index (χ1) is 14.1. The normalized spacial score (nSPS) is 10.8. The summed E-state index contributed by atoms with van der Waals surface area (Å²) in [6, 6.07) is 21.8. The number of para-hydroxylation sites is 2. The Morgan fingerprint density at radius 3 is 2.52 bits per heavy atom. The van der Waals surface area contributed by atoms with Gasteiger partial charge in [-0.3, -0.25) is 9.59 Å². The van der Waals surface area contributed by atoms with Crippen molar-refractivity contribution in [2.75, 3.05) is 5.32 Å². The van der Waals surface area contributed by atoms with Crippen LogP contribution in [0.4, 0.5) is 5.69 Å². The summed E-state index contributed by atoms with van der Waals surface area (Å²) >= 11 is 7.57. The minimum Gasteiger partial charge on any atom is -0.322 e. The maximum absolute atomic E-state index is 12.3. The van der Waals surface area contributed by atoms with E-state index in [1.165, 1.54) is 11.8 Å². The number of fused-ring (bicyclic) bond motifs is 1. The number of hydrogen-bond acceptors (Lipinski definition) is 4. The highest BCUT2D eigenvalue weighted by atomic mass is 35.5. The van der Waals surface area contributed by atoms with Gasteiger partial charge >= 0.3 is 0 Å². The molecule has 1 heterocycles. The quantitative estimate of drug-likeness (QED) is 0.438. The summed E-state index contributed by atoms with van der Waals surface area (Å²) in [6.07, 6.45) is 0. The summed E-state index contributed by atoms with van der Waals surface area (Å²) in [7, 11) is 0. The number of anilines is 1. The molecule has 4 aromatic rings. The Hall–Kier alpha value is -3.09. The van der Waals surface area contributed by atoms with Crippen LogP contribution in [0.2, 0.25) is 5.02 Å². The number of amides is 1. The Morgan fingerprint density at radius 2 is 1.72 bits per heavy atom. The third-order valence-corrected chi connectivity index (χ3v) is 5.63. The fraction of sp³-hybridized carbons (Fsp3) is 0.0455. The second kappa shape index (κ2) is 8.51. The van der Waals surface area contributed by atoms with Crippen LogP contribution in [0.5, 0.6) is 0 Å². The highest BCUT2D eigenvalue weighted by Gasteiger charge is 2.10. The van der Waals surface area contributed by atoms with Gasteiger partial charge in [0, 0.05) is 16.3 Å². The molecule has 0 bridgehead atoms. The standard InChI is InChI=1S/C22H16ClN3O2S/c23-17-6-2-1-5-16(17)21(27)24-14-9-11-15(12-10-14)29-13-20-22(28)26-19-8-4-3-7-18(19)25-20/h1-12H,13H2,(H,24,27)(H,26,28). The van der Waals surface area contributed by atoms with Gasteiger partial charge in [-0.1, -0.05) is 35.9 Å². The summed E-state index contributed by atoms with van der Waals surface area (Å²) in [4.78, 5) is 32.8. The summed E-state index contributed by atoms with van der Waals surface area (Å²) in [6.45, 7) is 0. The monoisotopic (exact) mass is 421 g/mol. The minimum absolute atomic E-state index is 0.181. The van der Waals surface area contributed by atoms with Crippen molar-refractivity contribution >= 4 is 46.0 Å². The maximum Gasteiger partial charge on any atom is 0.271 e. The number of carbonyl (C=O) groups excluding carboxylic acids is 1. The number of aromatic amines is 1. The smallest absolute Gasteiger partial charge is 0.271 e. The number of nitrogens with zero attached hydrogens (tertiary/aromatic N) is 1. The molecule has 7 heteroatoms. The Bertz CT molecular complexity index is 1240. The first kappa shape index (κ1) is 19.2. The number of rotatable bonds is 5. The van der Waals surface area contributed by atoms with E-state index in [1.54, 1.807) is 24.3 Å². The van der Waals surface area contributed by atoms with Gasteiger partial charge in [-0.25, -0.2) is 4.98 Å². The zero-order valence-electron chi connectivity index (χ0n) is 15.2. The fourth-order valence-electron chi connectivity index (χ4n) is 2.80. The van der Waals surface area contributed by atoms with Crippen LogP contribution in [0, 0.1) is 0 Å². The third kappa shape index (κ3) is 4.50. The van der Waals surface area contributed by atoms with Gasteiger partial charge in [-0.2, -0.15) is 0 Å². The van der Waals surface area contributed by atoms with Gasteiger partial charge in [0.1, 0.15) is 5.69 Å². The SMILES string of the molecule is O=C(Nc1ccc(SCc2nc3ccccc3[nH]c2=O)cc1)c1ccccc1Cl. The predicted octanol–water partition coefficient (Wildman–Crippen LogP) is 5.12. The van der Waals surface area contributed by atoms with Crippen LogP contribution in [-0.2, 0) is 5.75 Å². The molecule has 0 fully saturated rings. The first-order valence-electron chi connectivity index (χ1n) is 8.87. The number of thioether (sulfide) groups is 1. The van der Waals surface area contributed by atoms with Gasteiger partial charge in [0.2, 0.25) is 0 Å². The zero-order chi connectivity index (χ0) is 20.2. The lowest BCUT2D eigenvalue weighted by molar-refractivity contribution is 0.102. The number of aromatic nitrogens is 2. The molecule has 0 aliphatic rings. The zero-order valence-corrected chi connectivity index (χ0v) is 16.8. The number of hydrogen-bond donors (Lipinski definition) is 2. The molecule has 0 aliphatic carbocycles. The van der Waals surface area contributed by atoms with Gasteiger partial charge in [0.05, 0.1) is 21.6 Å². The van der Waals surface area contributed by atoms with Crippen LogP contribution < -0.4 is 10.9 Å². The molecule has 1 amide bonds. The molecule has 0 unspecified atom stereocenters. The van der Waals surface area contributed by atoms with E-state index in [0.29, 0.717) is 27.7 Å². The molecule has 0 atom stereocenters. The van der Waals surface area contributed by atoms with Crippen LogP contribution in [0.3, 0.4) is 0 Å². The van der Waals surface area contributed by atoms with E-state index in [4.69, 9.17) is 11.6 Å². The largest absolute Gasteiger partial charge is 0.322 e. The minimum atomic E-state index is -0.261. The van der Waals surface area contributed by atoms with Crippen LogP contribution >= 0.6 is 23.4 Å². The van der Waals surface area contributed by atoms with Gasteiger partial charge < -0.3 is 10.3 Å². The van der Waals surface area contributed by atoms with E-state index in [0.717, 1.165) is 15.9 Å². The Morgan fingerprint density at radius 1 is 1.00 bits per heavy atom. The molecular formula is C22H16ClN3O2S. The number of carbonyl (C=O) groups is 1. The molecular weight excluding hydrogens is 406 g/mol. The van der Waals surface area contributed by atoms with Crippen LogP contribution in [0.1, 0.15) is 16.1 Å². The topological polar surface area (TPSA) is 74.8 Å². The van der Waals surface area contributed by atoms with Crippen molar-refractivity contribution in [1.29, 1.82) is 0 Å². The lowest BCUT2D eigenvalue weighted by atomic mass is 10.2. The maximum atomic E-state index is 12.3. The lowest BCUT2D eigenvalue weighted by Gasteiger charge is -2.08. The van der Waals surface area contributed by atoms with E-state index in [2.05, 4.69) is 15.3 Å². The summed E-state index contributed by atoms with van der Waals surface area (Å²) in [5, 5.41) is 3.24. The van der Waals surface area contributed by atoms with Gasteiger partial charge in [-0.05, 0) is 48.5 Å². The Kier molecular flexibility index (Phi) is 5.64. The molecule has 0 spiro atoms. The van der Waals surface area contributed by atoms with Gasteiger partial charge in [0.25, 0.3) is 11.5 Å². The van der Waals surface area contributed by atoms with Crippen molar-refractivity contribution in [3.05, 3.63) is 99.4 Å². The van der Waals surface area contributed by atoms with Crippen LogP contribution in [0.25, 0.3) is 11.0 Å². The van der Waals surface area contributed by atoms with Crippen molar-refractivity contribution in [2.45, 2.75) is 10.6 Å². The highest BCUT2D eigenvalue weighted by molar-refractivity contribution is 7.98.